The number of methoxy groups -OCH3 is 1. The number of nitrogens with zero attached hydrogens (tertiary/aromatic N) is 1. The molecule has 0 aliphatic carbocycles. The normalized spacial score (nSPS) is 12.7. The first-order chi connectivity index (χ1) is 11.7. The third-order valence-corrected chi connectivity index (χ3v) is 3.47. The Morgan fingerprint density at radius 1 is 1.28 bits per heavy atom. The molecule has 2 rings (SSSR count). The second-order valence-corrected chi connectivity index (χ2v) is 6.74. The van der Waals surface area contributed by atoms with Gasteiger partial charge in [0.1, 0.15) is 11.4 Å². The van der Waals surface area contributed by atoms with Gasteiger partial charge in [0.25, 0.3) is 5.56 Å². The maximum Gasteiger partial charge on any atom is 0.407 e. The van der Waals surface area contributed by atoms with E-state index in [9.17, 15) is 14.7 Å². The summed E-state index contributed by atoms with van der Waals surface area (Å²) in [5.74, 6) is 0.619. The summed E-state index contributed by atoms with van der Waals surface area (Å²) in [7, 11) is 1.55. The summed E-state index contributed by atoms with van der Waals surface area (Å²) in [4.78, 5) is 23.8. The third kappa shape index (κ3) is 5.22. The van der Waals surface area contributed by atoms with Crippen LogP contribution < -0.4 is 15.6 Å². The number of hydrogen-bond acceptors (Lipinski definition) is 5. The molecule has 0 spiro atoms. The molecule has 1 aromatic carbocycles. The zero-order chi connectivity index (χ0) is 18.6. The average molecular weight is 348 g/mol. The molecule has 1 unspecified atom stereocenters. The van der Waals surface area contributed by atoms with Crippen LogP contribution in [0.2, 0.25) is 0 Å². The summed E-state index contributed by atoms with van der Waals surface area (Å²) >= 11 is 0. The van der Waals surface area contributed by atoms with Gasteiger partial charge in [-0.05, 0) is 44.4 Å². The molecular formula is C18H24N2O5. The lowest BCUT2D eigenvalue weighted by atomic mass is 10.2. The van der Waals surface area contributed by atoms with Crippen molar-refractivity contribution in [2.45, 2.75) is 39.0 Å². The standard InChI is InChI=1S/C18H24N2O5/c1-18(2,3)25-17(23)19-10-13(21)11-20-15-9-14(24-4)7-5-12(15)6-8-16(20)22/h5-9,13,21H,10-11H2,1-4H3,(H,19,23). The first-order valence-corrected chi connectivity index (χ1v) is 8.02. The summed E-state index contributed by atoms with van der Waals surface area (Å²) in [6.07, 6.45) is -1.56. The molecule has 1 heterocycles. The molecule has 2 aromatic rings. The van der Waals surface area contributed by atoms with Crippen molar-refractivity contribution in [3.8, 4) is 5.75 Å². The Kier molecular flexibility index (Phi) is 5.69. The number of pyridine rings is 1. The summed E-state index contributed by atoms with van der Waals surface area (Å²) in [5, 5.41) is 13.6. The Balaban J connectivity index is 2.12. The molecule has 7 heteroatoms. The third-order valence-electron chi connectivity index (χ3n) is 3.47. The van der Waals surface area contributed by atoms with E-state index in [0.717, 1.165) is 5.39 Å². The van der Waals surface area contributed by atoms with E-state index in [2.05, 4.69) is 5.32 Å². The molecule has 1 atom stereocenters. The van der Waals surface area contributed by atoms with E-state index in [0.29, 0.717) is 11.3 Å². The molecule has 1 aromatic heterocycles. The SMILES string of the molecule is COc1ccc2ccc(=O)n(CC(O)CNC(=O)OC(C)(C)C)c2c1. The number of fused-ring (bicyclic) bond motifs is 1. The van der Waals surface area contributed by atoms with Crippen LogP contribution in [0.25, 0.3) is 10.9 Å². The number of nitrogens with one attached hydrogen (secondary N) is 1. The van der Waals surface area contributed by atoms with Crippen molar-refractivity contribution >= 4 is 17.0 Å². The van der Waals surface area contributed by atoms with Gasteiger partial charge in [-0.25, -0.2) is 4.79 Å². The van der Waals surface area contributed by atoms with Crippen molar-refractivity contribution in [3.05, 3.63) is 40.7 Å². The number of carbonyl (C=O) groups is 1. The number of aromatic nitrogens is 1. The number of ether oxygens (including phenoxy) is 2. The van der Waals surface area contributed by atoms with Gasteiger partial charge in [-0.1, -0.05) is 0 Å². The Hall–Kier alpha value is -2.54. The largest absolute Gasteiger partial charge is 0.497 e. The molecule has 0 bridgehead atoms. The highest BCUT2D eigenvalue weighted by Gasteiger charge is 2.17. The van der Waals surface area contributed by atoms with Gasteiger partial charge >= 0.3 is 6.09 Å². The first-order valence-electron chi connectivity index (χ1n) is 8.02. The number of aliphatic hydroxyl groups excluding tert-OH is 1. The maximum absolute atomic E-state index is 12.2. The average Bonchev–Trinajstić information content (AvgIpc) is 2.53. The minimum Gasteiger partial charge on any atom is -0.497 e. The quantitative estimate of drug-likeness (QED) is 0.861. The molecule has 136 valence electrons. The zero-order valence-corrected chi connectivity index (χ0v) is 14.9. The fraction of sp³-hybridized carbons (Fsp3) is 0.444. The van der Waals surface area contributed by atoms with Gasteiger partial charge in [-0.15, -0.1) is 0 Å². The van der Waals surface area contributed by atoms with Gasteiger partial charge < -0.3 is 24.5 Å². The number of carbonyl (C=O) groups excluding carboxylic acids is 1. The Labute approximate surface area is 146 Å². The smallest absolute Gasteiger partial charge is 0.407 e. The summed E-state index contributed by atoms with van der Waals surface area (Å²) in [5.41, 5.74) is -0.196. The van der Waals surface area contributed by atoms with Crippen LogP contribution in [0.15, 0.2) is 35.1 Å². The van der Waals surface area contributed by atoms with E-state index >= 15 is 0 Å². The number of benzene rings is 1. The van der Waals surface area contributed by atoms with Crippen molar-refractivity contribution in [2.75, 3.05) is 13.7 Å². The van der Waals surface area contributed by atoms with Crippen molar-refractivity contribution in [1.82, 2.24) is 9.88 Å². The van der Waals surface area contributed by atoms with Crippen LogP contribution >= 0.6 is 0 Å². The molecule has 0 saturated carbocycles. The summed E-state index contributed by atoms with van der Waals surface area (Å²) in [6, 6.07) is 8.56. The van der Waals surface area contributed by atoms with Gasteiger partial charge in [-0.2, -0.15) is 0 Å². The number of aliphatic hydroxyl groups is 1. The Morgan fingerprint density at radius 3 is 2.60 bits per heavy atom. The fourth-order valence-electron chi connectivity index (χ4n) is 2.37. The first kappa shape index (κ1) is 18.8. The zero-order valence-electron chi connectivity index (χ0n) is 14.9. The predicted molar refractivity (Wildman–Crippen MR) is 95.0 cm³/mol. The lowest BCUT2D eigenvalue weighted by Gasteiger charge is -2.21. The monoisotopic (exact) mass is 348 g/mol. The van der Waals surface area contributed by atoms with Crippen LogP contribution in [-0.2, 0) is 11.3 Å². The molecule has 1 amide bonds. The molecule has 0 radical (unpaired) electrons. The van der Waals surface area contributed by atoms with Gasteiger partial charge in [0.2, 0.25) is 0 Å². The number of amides is 1. The molecular weight excluding hydrogens is 324 g/mol. The second kappa shape index (κ2) is 7.57. The van der Waals surface area contributed by atoms with Crippen molar-refractivity contribution in [3.63, 3.8) is 0 Å². The van der Waals surface area contributed by atoms with Gasteiger partial charge in [0.15, 0.2) is 0 Å². The highest BCUT2D eigenvalue weighted by atomic mass is 16.6. The summed E-state index contributed by atoms with van der Waals surface area (Å²) < 4.78 is 11.8. The molecule has 7 nitrogen and oxygen atoms in total. The van der Waals surface area contributed by atoms with E-state index in [1.165, 1.54) is 10.6 Å². The van der Waals surface area contributed by atoms with E-state index < -0.39 is 17.8 Å². The highest BCUT2D eigenvalue weighted by Crippen LogP contribution is 2.19. The van der Waals surface area contributed by atoms with E-state index in [-0.39, 0.29) is 18.6 Å². The van der Waals surface area contributed by atoms with Crippen LogP contribution in [0.1, 0.15) is 20.8 Å². The minimum atomic E-state index is -0.943. The molecule has 0 saturated heterocycles. The maximum atomic E-state index is 12.2. The molecule has 0 fully saturated rings. The fourth-order valence-corrected chi connectivity index (χ4v) is 2.37. The number of alkyl carbamates (subject to hydrolysis) is 1. The topological polar surface area (TPSA) is 89.8 Å². The Morgan fingerprint density at radius 2 is 1.96 bits per heavy atom. The van der Waals surface area contributed by atoms with Crippen LogP contribution in [0, 0.1) is 0 Å². The molecule has 0 aliphatic heterocycles. The highest BCUT2D eigenvalue weighted by molar-refractivity contribution is 5.80. The second-order valence-electron chi connectivity index (χ2n) is 6.74. The van der Waals surface area contributed by atoms with Gasteiger partial charge in [0.05, 0.1) is 25.3 Å². The van der Waals surface area contributed by atoms with Crippen LogP contribution in [0.4, 0.5) is 4.79 Å². The van der Waals surface area contributed by atoms with Crippen molar-refractivity contribution < 1.29 is 19.4 Å². The van der Waals surface area contributed by atoms with E-state index in [1.807, 2.05) is 6.07 Å². The van der Waals surface area contributed by atoms with E-state index in [1.54, 1.807) is 46.1 Å². The molecule has 0 aliphatic rings. The lowest BCUT2D eigenvalue weighted by molar-refractivity contribution is 0.0485. The Bertz CT molecular complexity index is 807. The van der Waals surface area contributed by atoms with Crippen molar-refractivity contribution in [1.29, 1.82) is 0 Å². The minimum absolute atomic E-state index is 0.0261. The number of hydrogen-bond donors (Lipinski definition) is 2. The van der Waals surface area contributed by atoms with Crippen LogP contribution in [-0.4, -0.2) is 41.1 Å². The molecule has 2 N–H and O–H groups in total. The van der Waals surface area contributed by atoms with Crippen LogP contribution in [0.5, 0.6) is 5.75 Å². The van der Waals surface area contributed by atoms with Crippen LogP contribution in [0.3, 0.4) is 0 Å². The van der Waals surface area contributed by atoms with Crippen molar-refractivity contribution in [2.24, 2.45) is 0 Å². The van der Waals surface area contributed by atoms with E-state index in [4.69, 9.17) is 9.47 Å². The lowest BCUT2D eigenvalue weighted by Crippen LogP contribution is -2.39. The predicted octanol–water partition coefficient (Wildman–Crippen LogP) is 1.90. The summed E-state index contributed by atoms with van der Waals surface area (Å²) in [6.45, 7) is 5.28. The van der Waals surface area contributed by atoms with Gasteiger partial charge in [-0.3, -0.25) is 4.79 Å². The van der Waals surface area contributed by atoms with Gasteiger partial charge in [0, 0.05) is 18.7 Å². The number of rotatable bonds is 5. The molecule has 25 heavy (non-hydrogen) atoms.